The highest BCUT2D eigenvalue weighted by Crippen LogP contribution is 2.17. The van der Waals surface area contributed by atoms with Crippen molar-refractivity contribution in [3.8, 4) is 0 Å². The highest BCUT2D eigenvalue weighted by Gasteiger charge is 2.31. The summed E-state index contributed by atoms with van der Waals surface area (Å²) < 4.78 is 10.7. The molecular formula is C18H34N2O4. The summed E-state index contributed by atoms with van der Waals surface area (Å²) in [6.45, 7) is 12.0. The number of carbonyl (C=O) groups is 2. The molecule has 6 nitrogen and oxygen atoms in total. The van der Waals surface area contributed by atoms with E-state index in [0.717, 1.165) is 30.7 Å². The van der Waals surface area contributed by atoms with Gasteiger partial charge in [-0.15, -0.1) is 0 Å². The molecule has 0 bridgehead atoms. The summed E-state index contributed by atoms with van der Waals surface area (Å²) in [7, 11) is 0. The molecule has 0 aromatic heterocycles. The molecule has 1 fully saturated rings. The molecule has 0 aliphatic carbocycles. The molecule has 1 saturated heterocycles. The molecule has 1 heterocycles. The van der Waals surface area contributed by atoms with Crippen LogP contribution >= 0.6 is 0 Å². The Morgan fingerprint density at radius 1 is 1.00 bits per heavy atom. The van der Waals surface area contributed by atoms with Gasteiger partial charge in [0.05, 0.1) is 0 Å². The molecule has 1 aliphatic heterocycles. The first kappa shape index (κ1) is 20.7. The zero-order valence-electron chi connectivity index (χ0n) is 16.1. The maximum Gasteiger partial charge on any atom is 0.419 e. The zero-order chi connectivity index (χ0) is 18.4. The van der Waals surface area contributed by atoms with Crippen molar-refractivity contribution >= 4 is 12.2 Å². The van der Waals surface area contributed by atoms with E-state index in [1.807, 2.05) is 0 Å². The number of hydrogen-bond acceptors (Lipinski definition) is 5. The molecule has 1 aliphatic rings. The summed E-state index contributed by atoms with van der Waals surface area (Å²) in [4.78, 5) is 25.8. The largest absolute Gasteiger partial charge is 0.443 e. The van der Waals surface area contributed by atoms with Gasteiger partial charge >= 0.3 is 12.2 Å². The second-order valence-corrected chi connectivity index (χ2v) is 8.40. The Kier molecular flexibility index (Phi) is 7.52. The number of carbonyl (C=O) groups excluding carboxylic acids is 2. The molecular weight excluding hydrogens is 308 g/mol. The average molecular weight is 342 g/mol. The monoisotopic (exact) mass is 342 g/mol. The molecule has 0 saturated carbocycles. The van der Waals surface area contributed by atoms with Gasteiger partial charge in [0.1, 0.15) is 11.2 Å². The van der Waals surface area contributed by atoms with Gasteiger partial charge in [-0.2, -0.15) is 0 Å². The third-order valence-electron chi connectivity index (χ3n) is 3.57. The summed E-state index contributed by atoms with van der Waals surface area (Å²) >= 11 is 0. The Hall–Kier alpha value is -1.30. The van der Waals surface area contributed by atoms with E-state index in [4.69, 9.17) is 9.47 Å². The van der Waals surface area contributed by atoms with E-state index in [2.05, 4.69) is 5.32 Å². The lowest BCUT2D eigenvalue weighted by atomic mass is 10.0. The number of amides is 2. The van der Waals surface area contributed by atoms with Crippen molar-refractivity contribution in [2.75, 3.05) is 13.1 Å². The van der Waals surface area contributed by atoms with E-state index in [1.165, 1.54) is 12.8 Å². The van der Waals surface area contributed by atoms with E-state index >= 15 is 0 Å². The lowest BCUT2D eigenvalue weighted by Gasteiger charge is -2.29. The van der Waals surface area contributed by atoms with Crippen molar-refractivity contribution < 1.29 is 19.1 Å². The number of hydrogen-bond donors (Lipinski definition) is 1. The van der Waals surface area contributed by atoms with Gasteiger partial charge in [-0.1, -0.05) is 6.42 Å². The van der Waals surface area contributed by atoms with E-state index in [9.17, 15) is 9.59 Å². The number of rotatable bonds is 4. The molecule has 24 heavy (non-hydrogen) atoms. The van der Waals surface area contributed by atoms with Crippen LogP contribution in [-0.4, -0.2) is 47.4 Å². The first-order chi connectivity index (χ1) is 11.0. The highest BCUT2D eigenvalue weighted by molar-refractivity contribution is 5.88. The number of imide groups is 1. The fraction of sp³-hybridized carbons (Fsp3) is 0.889. The van der Waals surface area contributed by atoms with Crippen LogP contribution < -0.4 is 5.32 Å². The number of nitrogens with one attached hydrogen (secondary N) is 1. The fourth-order valence-corrected chi connectivity index (χ4v) is 2.56. The molecule has 6 heteroatoms. The predicted octanol–water partition coefficient (Wildman–Crippen LogP) is 4.08. The van der Waals surface area contributed by atoms with Crippen molar-refractivity contribution in [3.05, 3.63) is 0 Å². The van der Waals surface area contributed by atoms with Crippen molar-refractivity contribution in [2.45, 2.75) is 90.9 Å². The summed E-state index contributed by atoms with van der Waals surface area (Å²) in [5, 5.41) is 3.48. The van der Waals surface area contributed by atoms with Crippen molar-refractivity contribution in [3.63, 3.8) is 0 Å². The molecule has 1 unspecified atom stereocenters. The standard InChI is InChI=1S/C18H34N2O4/c1-17(2,3)23-15(21)20(16(22)24-18(4,5)6)13-9-11-14-10-7-8-12-19-14/h14,19H,7-13H2,1-6H3. The van der Waals surface area contributed by atoms with Gasteiger partial charge in [-0.3, -0.25) is 0 Å². The van der Waals surface area contributed by atoms with Crippen LogP contribution in [0.15, 0.2) is 0 Å². The van der Waals surface area contributed by atoms with Gasteiger partial charge in [-0.05, 0) is 73.8 Å². The first-order valence-corrected chi connectivity index (χ1v) is 8.95. The molecule has 0 aromatic rings. The van der Waals surface area contributed by atoms with Crippen LogP contribution in [0.1, 0.15) is 73.6 Å². The van der Waals surface area contributed by atoms with Crippen LogP contribution in [0.25, 0.3) is 0 Å². The van der Waals surface area contributed by atoms with Gasteiger partial charge in [-0.25, -0.2) is 14.5 Å². The van der Waals surface area contributed by atoms with Gasteiger partial charge < -0.3 is 14.8 Å². The molecule has 1 rings (SSSR count). The minimum absolute atomic E-state index is 0.308. The van der Waals surface area contributed by atoms with Crippen LogP contribution in [0.5, 0.6) is 0 Å². The molecule has 0 spiro atoms. The molecule has 0 aromatic carbocycles. The van der Waals surface area contributed by atoms with Crippen molar-refractivity contribution in [1.29, 1.82) is 0 Å². The van der Waals surface area contributed by atoms with Crippen molar-refractivity contribution in [2.24, 2.45) is 0 Å². The smallest absolute Gasteiger partial charge is 0.419 e. The molecule has 1 atom stereocenters. The lowest BCUT2D eigenvalue weighted by Crippen LogP contribution is -2.44. The lowest BCUT2D eigenvalue weighted by molar-refractivity contribution is 0.00105. The Morgan fingerprint density at radius 2 is 1.54 bits per heavy atom. The highest BCUT2D eigenvalue weighted by atomic mass is 16.6. The fourth-order valence-electron chi connectivity index (χ4n) is 2.56. The molecule has 140 valence electrons. The summed E-state index contributed by atoms with van der Waals surface area (Å²) in [5.41, 5.74) is -1.30. The van der Waals surface area contributed by atoms with E-state index < -0.39 is 23.4 Å². The van der Waals surface area contributed by atoms with Crippen molar-refractivity contribution in [1.82, 2.24) is 10.2 Å². The first-order valence-electron chi connectivity index (χ1n) is 8.95. The second kappa shape index (κ2) is 8.70. The summed E-state index contributed by atoms with van der Waals surface area (Å²) in [6.07, 6.45) is 3.98. The van der Waals surface area contributed by atoms with Gasteiger partial charge in [0.15, 0.2) is 0 Å². The van der Waals surface area contributed by atoms with Crippen LogP contribution in [0.3, 0.4) is 0 Å². The zero-order valence-corrected chi connectivity index (χ0v) is 16.1. The Morgan fingerprint density at radius 3 is 1.96 bits per heavy atom. The second-order valence-electron chi connectivity index (χ2n) is 8.40. The quantitative estimate of drug-likeness (QED) is 0.834. The minimum atomic E-state index is -0.651. The third-order valence-corrected chi connectivity index (χ3v) is 3.57. The van der Waals surface area contributed by atoms with Crippen LogP contribution in [-0.2, 0) is 9.47 Å². The van der Waals surface area contributed by atoms with Gasteiger partial charge in [0, 0.05) is 12.6 Å². The maximum absolute atomic E-state index is 12.4. The number of ether oxygens (including phenoxy) is 2. The third kappa shape index (κ3) is 8.52. The molecule has 1 N–H and O–H groups in total. The molecule has 2 amide bonds. The van der Waals surface area contributed by atoms with Crippen LogP contribution in [0.4, 0.5) is 9.59 Å². The van der Waals surface area contributed by atoms with E-state index in [0.29, 0.717) is 12.6 Å². The van der Waals surface area contributed by atoms with Crippen LogP contribution in [0, 0.1) is 0 Å². The Balaban J connectivity index is 2.62. The Bertz CT molecular complexity index is 390. The predicted molar refractivity (Wildman–Crippen MR) is 94.0 cm³/mol. The SMILES string of the molecule is CC(C)(C)OC(=O)N(CCCC1CCCCN1)C(=O)OC(C)(C)C. The van der Waals surface area contributed by atoms with E-state index in [1.54, 1.807) is 41.5 Å². The van der Waals surface area contributed by atoms with E-state index in [-0.39, 0.29) is 0 Å². The summed E-state index contributed by atoms with van der Waals surface area (Å²) in [6, 6.07) is 0.470. The average Bonchev–Trinajstić information content (AvgIpc) is 2.40. The van der Waals surface area contributed by atoms with Gasteiger partial charge in [0.25, 0.3) is 0 Å². The number of nitrogens with zero attached hydrogens (tertiary/aromatic N) is 1. The minimum Gasteiger partial charge on any atom is -0.443 e. The topological polar surface area (TPSA) is 67.9 Å². The molecule has 0 radical (unpaired) electrons. The summed E-state index contributed by atoms with van der Waals surface area (Å²) in [5.74, 6) is 0. The van der Waals surface area contributed by atoms with Crippen LogP contribution in [0.2, 0.25) is 0 Å². The Labute approximate surface area is 146 Å². The van der Waals surface area contributed by atoms with Gasteiger partial charge in [0.2, 0.25) is 0 Å². The maximum atomic E-state index is 12.4. The number of piperidine rings is 1. The normalized spacial score (nSPS) is 18.8.